The van der Waals surface area contributed by atoms with E-state index >= 15 is 0 Å². The number of esters is 2. The molecule has 0 saturated heterocycles. The third-order valence-electron chi connectivity index (χ3n) is 10.8. The van der Waals surface area contributed by atoms with Crippen molar-refractivity contribution in [3.63, 3.8) is 0 Å². The van der Waals surface area contributed by atoms with Crippen molar-refractivity contribution in [3.8, 4) is 0 Å². The highest BCUT2D eigenvalue weighted by Crippen LogP contribution is 2.62. The average Bonchev–Trinajstić information content (AvgIpc) is 2.85. The Morgan fingerprint density at radius 3 is 2.00 bits per heavy atom. The van der Waals surface area contributed by atoms with Crippen LogP contribution in [0.25, 0.3) is 0 Å². The van der Waals surface area contributed by atoms with Gasteiger partial charge in [0.15, 0.2) is 6.10 Å². The molecule has 8 bridgehead atoms. The lowest BCUT2D eigenvalue weighted by Gasteiger charge is -2.58. The summed E-state index contributed by atoms with van der Waals surface area (Å²) in [5, 5.41) is 24.7. The first-order valence-electron chi connectivity index (χ1n) is 14.4. The Hall–Kier alpha value is -1.78. The van der Waals surface area contributed by atoms with E-state index in [0.29, 0.717) is 44.9 Å². The Morgan fingerprint density at radius 2 is 1.45 bits per heavy atom. The van der Waals surface area contributed by atoms with Crippen LogP contribution in [-0.4, -0.2) is 82.2 Å². The molecule has 8 fully saturated rings. The van der Waals surface area contributed by atoms with Crippen LogP contribution in [0, 0.1) is 40.4 Å². The first kappa shape index (κ1) is 30.3. The van der Waals surface area contributed by atoms with E-state index in [1.807, 2.05) is 0 Å². The zero-order valence-electron chi connectivity index (χ0n) is 22.9. The number of aliphatic hydroxyl groups is 3. The van der Waals surface area contributed by atoms with Crippen molar-refractivity contribution >= 4 is 27.8 Å². The molecule has 15 heteroatoms. The van der Waals surface area contributed by atoms with Gasteiger partial charge in [0, 0.05) is 11.8 Å². The summed E-state index contributed by atoms with van der Waals surface area (Å²) in [5.74, 6) is -1.57. The summed E-state index contributed by atoms with van der Waals surface area (Å²) >= 11 is 0. The zero-order chi connectivity index (χ0) is 30.5. The summed E-state index contributed by atoms with van der Waals surface area (Å²) in [4.78, 5) is 39.5. The number of ether oxygens (including phenoxy) is 3. The monoisotopic (exact) mass is 622 g/mol. The zero-order valence-corrected chi connectivity index (χ0v) is 23.7. The molecular weight excluding hydrogens is 586 g/mol. The standard InChI is InChI=1S/C27H36F2O12S/c28-26(29,27(34,35)42(36,37)38)40-12-19(41-22(32)23-4-14-2-17(9-23)20(30)18(3-14)10-23)11-39-21(31)24-5-15-1-16(6-24)8-25(33,7-15)13-24/h14-19,33-35H,1-13H2,(H,36,37,38). The third-order valence-corrected chi connectivity index (χ3v) is 11.7. The number of carbonyl (C=O) groups is 3. The van der Waals surface area contributed by atoms with Crippen LogP contribution in [0.3, 0.4) is 0 Å². The molecule has 8 aliphatic carbocycles. The van der Waals surface area contributed by atoms with Crippen LogP contribution in [0.1, 0.15) is 70.6 Å². The fraction of sp³-hybridized carbons (Fsp3) is 0.889. The summed E-state index contributed by atoms with van der Waals surface area (Å²) in [7, 11) is -6.14. The molecule has 0 radical (unpaired) electrons. The molecule has 4 N–H and O–H groups in total. The maximum absolute atomic E-state index is 14.4. The van der Waals surface area contributed by atoms with Crippen molar-refractivity contribution in [1.82, 2.24) is 0 Å². The number of hydrogen-bond donors (Lipinski definition) is 4. The molecule has 5 atom stereocenters. The highest BCUT2D eigenvalue weighted by molar-refractivity contribution is 7.86. The number of hydrogen-bond acceptors (Lipinski definition) is 11. The lowest BCUT2D eigenvalue weighted by atomic mass is 9.48. The molecule has 0 aromatic carbocycles. The number of alkyl halides is 2. The normalized spacial score (nSPS) is 41.2. The Bertz CT molecular complexity index is 1250. The maximum Gasteiger partial charge on any atom is 0.428 e. The molecule has 0 aromatic rings. The molecular formula is C27H36F2O12S. The summed E-state index contributed by atoms with van der Waals surface area (Å²) < 4.78 is 75.2. The van der Waals surface area contributed by atoms with Crippen LogP contribution in [0.4, 0.5) is 8.78 Å². The number of carbonyl (C=O) groups excluding carboxylic acids is 3. The van der Waals surface area contributed by atoms with Crippen molar-refractivity contribution in [2.24, 2.45) is 40.4 Å². The average molecular weight is 623 g/mol. The number of Topliss-reactive ketones (excluding diaryl/α,β-unsaturated/α-hetero) is 1. The summed E-state index contributed by atoms with van der Waals surface area (Å²) in [6.45, 7) is -2.09. The van der Waals surface area contributed by atoms with Gasteiger partial charge in [0.25, 0.3) is 0 Å². The summed E-state index contributed by atoms with van der Waals surface area (Å²) in [6.07, 6.45) is -1.47. The molecule has 42 heavy (non-hydrogen) atoms. The van der Waals surface area contributed by atoms with Crippen LogP contribution < -0.4 is 0 Å². The SMILES string of the molecule is O=C1C2CC3CC1CC(C(=O)OC(COC(=O)C14CC5CC(CC(O)(C5)C1)C4)COC(F)(F)C(O)(O)S(=O)(=O)O)(C3)C2. The Labute approximate surface area is 240 Å². The molecule has 5 unspecified atom stereocenters. The van der Waals surface area contributed by atoms with Gasteiger partial charge in [-0.05, 0) is 88.4 Å². The molecule has 12 nitrogen and oxygen atoms in total. The van der Waals surface area contributed by atoms with E-state index in [0.717, 1.165) is 6.42 Å². The number of rotatable bonds is 10. The molecule has 0 aromatic heterocycles. The molecule has 8 aliphatic rings. The van der Waals surface area contributed by atoms with Crippen LogP contribution in [-0.2, 0) is 38.7 Å². The van der Waals surface area contributed by atoms with Gasteiger partial charge in [-0.15, -0.1) is 0 Å². The van der Waals surface area contributed by atoms with Crippen LogP contribution in [0.5, 0.6) is 0 Å². The van der Waals surface area contributed by atoms with Gasteiger partial charge < -0.3 is 29.5 Å². The van der Waals surface area contributed by atoms with E-state index in [-0.39, 0.29) is 54.6 Å². The van der Waals surface area contributed by atoms with Gasteiger partial charge >= 0.3 is 33.3 Å². The molecule has 0 aliphatic heterocycles. The Kier molecular flexibility index (Phi) is 6.92. The first-order chi connectivity index (χ1) is 19.4. The van der Waals surface area contributed by atoms with E-state index in [2.05, 4.69) is 4.74 Å². The highest BCUT2D eigenvalue weighted by Gasteiger charge is 2.65. The van der Waals surface area contributed by atoms with E-state index < -0.39 is 69.0 Å². The van der Waals surface area contributed by atoms with Crippen LogP contribution in [0.15, 0.2) is 0 Å². The summed E-state index contributed by atoms with van der Waals surface area (Å²) in [5.41, 5.74) is -3.00. The van der Waals surface area contributed by atoms with Crippen LogP contribution in [0.2, 0.25) is 0 Å². The van der Waals surface area contributed by atoms with Crippen molar-refractivity contribution in [2.45, 2.75) is 93.6 Å². The second kappa shape index (κ2) is 9.61. The van der Waals surface area contributed by atoms with E-state index in [1.54, 1.807) is 0 Å². The van der Waals surface area contributed by atoms with Gasteiger partial charge in [-0.3, -0.25) is 18.9 Å². The molecule has 0 spiro atoms. The number of halogens is 2. The maximum atomic E-state index is 14.4. The second-order valence-corrected chi connectivity index (χ2v) is 15.5. The van der Waals surface area contributed by atoms with Gasteiger partial charge in [0.05, 0.1) is 23.0 Å². The van der Waals surface area contributed by atoms with Gasteiger partial charge in [-0.2, -0.15) is 17.2 Å². The minimum Gasteiger partial charge on any atom is -0.461 e. The predicted molar refractivity (Wildman–Crippen MR) is 134 cm³/mol. The second-order valence-electron chi connectivity index (χ2n) is 14.0. The highest BCUT2D eigenvalue weighted by atomic mass is 32.2. The topological polar surface area (TPSA) is 194 Å². The van der Waals surface area contributed by atoms with E-state index in [9.17, 15) is 46.9 Å². The predicted octanol–water partition coefficient (Wildman–Crippen LogP) is 1.30. The molecule has 236 valence electrons. The molecule has 0 heterocycles. The molecule has 8 rings (SSSR count). The van der Waals surface area contributed by atoms with Gasteiger partial charge in [0.1, 0.15) is 12.4 Å². The van der Waals surface area contributed by atoms with Gasteiger partial charge in [-0.25, -0.2) is 0 Å². The largest absolute Gasteiger partial charge is 0.461 e. The fourth-order valence-corrected chi connectivity index (χ4v) is 9.97. The van der Waals surface area contributed by atoms with Gasteiger partial charge in [0.2, 0.25) is 0 Å². The quantitative estimate of drug-likeness (QED) is 0.155. The lowest BCUT2D eigenvalue weighted by molar-refractivity contribution is -0.366. The fourth-order valence-electron chi connectivity index (χ4n) is 9.61. The summed E-state index contributed by atoms with van der Waals surface area (Å²) in [6, 6.07) is 0. The molecule has 0 amide bonds. The van der Waals surface area contributed by atoms with Crippen molar-refractivity contribution in [3.05, 3.63) is 0 Å². The van der Waals surface area contributed by atoms with Crippen molar-refractivity contribution in [2.75, 3.05) is 13.2 Å². The van der Waals surface area contributed by atoms with Gasteiger partial charge in [-0.1, -0.05) is 0 Å². The third kappa shape index (κ3) is 4.87. The minimum atomic E-state index is -6.14. The lowest BCUT2D eigenvalue weighted by Crippen LogP contribution is -2.59. The van der Waals surface area contributed by atoms with E-state index in [4.69, 9.17) is 14.0 Å². The smallest absolute Gasteiger partial charge is 0.428 e. The Morgan fingerprint density at radius 1 is 0.881 bits per heavy atom. The van der Waals surface area contributed by atoms with Crippen LogP contribution >= 0.6 is 0 Å². The first-order valence-corrected chi connectivity index (χ1v) is 15.9. The van der Waals surface area contributed by atoms with Crippen molar-refractivity contribution < 1.29 is 65.7 Å². The molecule has 8 saturated carbocycles. The van der Waals surface area contributed by atoms with Crippen molar-refractivity contribution in [1.29, 1.82) is 0 Å². The van der Waals surface area contributed by atoms with E-state index in [1.165, 1.54) is 0 Å². The number of ketones is 1. The minimum absolute atomic E-state index is 0.104. The Balaban J connectivity index is 1.18.